The maximum absolute atomic E-state index is 13.1. The first-order chi connectivity index (χ1) is 16.1. The molecule has 0 N–H and O–H groups in total. The van der Waals surface area contributed by atoms with Crippen molar-refractivity contribution in [3.05, 3.63) is 104 Å². The molecule has 168 valence electrons. The number of benzene rings is 1. The number of piperazine rings is 1. The number of hydrogen-bond acceptors (Lipinski definition) is 6. The van der Waals surface area contributed by atoms with E-state index in [1.54, 1.807) is 40.1 Å². The van der Waals surface area contributed by atoms with Crippen LogP contribution in [0.4, 0.5) is 0 Å². The molecule has 0 bridgehead atoms. The van der Waals surface area contributed by atoms with Crippen molar-refractivity contribution in [1.82, 2.24) is 23.8 Å². The summed E-state index contributed by atoms with van der Waals surface area (Å²) < 4.78 is 3.11. The summed E-state index contributed by atoms with van der Waals surface area (Å²) in [5.41, 5.74) is 1.57. The van der Waals surface area contributed by atoms with Gasteiger partial charge in [0.2, 0.25) is 0 Å². The van der Waals surface area contributed by atoms with Crippen LogP contribution in [0.3, 0.4) is 0 Å². The van der Waals surface area contributed by atoms with Crippen LogP contribution in [0.1, 0.15) is 21.6 Å². The van der Waals surface area contributed by atoms with Gasteiger partial charge in [-0.1, -0.05) is 30.3 Å². The number of carbonyl (C=O) groups is 1. The van der Waals surface area contributed by atoms with E-state index in [0.717, 1.165) is 11.3 Å². The monoisotopic (exact) mass is 461 g/mol. The number of aromatic nitrogens is 3. The van der Waals surface area contributed by atoms with E-state index in [9.17, 15) is 14.4 Å². The molecule has 1 saturated heterocycles. The molecular weight excluding hydrogens is 438 g/mol. The van der Waals surface area contributed by atoms with Crippen LogP contribution in [0, 0.1) is 0 Å². The Hall–Kier alpha value is -3.56. The molecule has 0 saturated carbocycles. The number of nitrogens with zero attached hydrogens (tertiary/aromatic N) is 5. The van der Waals surface area contributed by atoms with Gasteiger partial charge in [0.05, 0.1) is 12.2 Å². The second kappa shape index (κ2) is 9.13. The highest BCUT2D eigenvalue weighted by Gasteiger charge is 2.24. The van der Waals surface area contributed by atoms with Gasteiger partial charge in [-0.2, -0.15) is 0 Å². The number of fused-ring (bicyclic) bond motifs is 1. The lowest BCUT2D eigenvalue weighted by Crippen LogP contribution is -2.49. The van der Waals surface area contributed by atoms with E-state index in [1.165, 1.54) is 15.7 Å². The predicted octanol–water partition coefficient (Wildman–Crippen LogP) is 1.92. The van der Waals surface area contributed by atoms with E-state index in [2.05, 4.69) is 9.88 Å². The van der Waals surface area contributed by atoms with Gasteiger partial charge >= 0.3 is 0 Å². The van der Waals surface area contributed by atoms with Crippen molar-refractivity contribution in [1.29, 1.82) is 0 Å². The Balaban J connectivity index is 1.24. The van der Waals surface area contributed by atoms with Gasteiger partial charge in [-0.25, -0.2) is 4.98 Å². The normalized spacial score (nSPS) is 14.6. The maximum Gasteiger partial charge on any atom is 0.263 e. The summed E-state index contributed by atoms with van der Waals surface area (Å²) >= 11 is 1.43. The van der Waals surface area contributed by atoms with E-state index in [0.29, 0.717) is 44.2 Å². The number of rotatable bonds is 5. The number of amides is 1. The van der Waals surface area contributed by atoms with Crippen LogP contribution in [0.25, 0.3) is 4.96 Å². The second-order valence-electron chi connectivity index (χ2n) is 8.05. The Morgan fingerprint density at radius 2 is 1.73 bits per heavy atom. The van der Waals surface area contributed by atoms with Crippen LogP contribution in [-0.4, -0.2) is 55.8 Å². The van der Waals surface area contributed by atoms with Gasteiger partial charge in [0.1, 0.15) is 5.56 Å². The molecule has 1 fully saturated rings. The lowest BCUT2D eigenvalue weighted by molar-refractivity contribution is 0.0624. The van der Waals surface area contributed by atoms with Crippen molar-refractivity contribution in [2.75, 3.05) is 26.2 Å². The third-order valence-electron chi connectivity index (χ3n) is 5.85. The first-order valence-electron chi connectivity index (χ1n) is 10.8. The molecular formula is C24H23N5O3S. The van der Waals surface area contributed by atoms with Gasteiger partial charge in [-0.3, -0.25) is 23.7 Å². The van der Waals surface area contributed by atoms with Crippen molar-refractivity contribution < 1.29 is 4.79 Å². The molecule has 0 unspecified atom stereocenters. The van der Waals surface area contributed by atoms with Crippen LogP contribution in [-0.2, 0) is 13.1 Å². The maximum atomic E-state index is 13.1. The Morgan fingerprint density at radius 3 is 2.52 bits per heavy atom. The predicted molar refractivity (Wildman–Crippen MR) is 127 cm³/mol. The standard InChI is InChI=1S/C24H23N5O3S/c30-21-15-19(25-24-29(21)13-14-33-24)17-26-9-11-27(12-10-26)22(31)20-7-4-8-28(23(20)32)16-18-5-2-1-3-6-18/h1-8,13-15H,9-12,16-17H2. The molecule has 4 aromatic rings. The summed E-state index contributed by atoms with van der Waals surface area (Å²) in [5.74, 6) is -0.238. The Labute approximate surface area is 194 Å². The zero-order valence-electron chi connectivity index (χ0n) is 18.0. The van der Waals surface area contributed by atoms with E-state index in [4.69, 9.17) is 0 Å². The molecule has 9 heteroatoms. The Bertz CT molecular complexity index is 1400. The summed E-state index contributed by atoms with van der Waals surface area (Å²) in [6.45, 7) is 3.33. The fourth-order valence-corrected chi connectivity index (χ4v) is 4.82. The largest absolute Gasteiger partial charge is 0.336 e. The Kier molecular flexibility index (Phi) is 5.89. The highest BCUT2D eigenvalue weighted by molar-refractivity contribution is 7.15. The van der Waals surface area contributed by atoms with E-state index < -0.39 is 0 Å². The molecule has 1 aliphatic heterocycles. The summed E-state index contributed by atoms with van der Waals surface area (Å²) in [6, 6.07) is 14.6. The lowest BCUT2D eigenvalue weighted by Gasteiger charge is -2.34. The van der Waals surface area contributed by atoms with Crippen molar-refractivity contribution in [3.63, 3.8) is 0 Å². The van der Waals surface area contributed by atoms with Crippen LogP contribution in [0.5, 0.6) is 0 Å². The summed E-state index contributed by atoms with van der Waals surface area (Å²) in [4.78, 5) is 47.4. The molecule has 3 aromatic heterocycles. The average Bonchev–Trinajstić information content (AvgIpc) is 3.31. The molecule has 1 amide bonds. The highest BCUT2D eigenvalue weighted by Crippen LogP contribution is 2.12. The fraction of sp³-hybridized carbons (Fsp3) is 0.250. The number of carbonyl (C=O) groups excluding carboxylic acids is 1. The van der Waals surface area contributed by atoms with Crippen molar-refractivity contribution >= 4 is 22.2 Å². The summed E-state index contributed by atoms with van der Waals surface area (Å²) in [7, 11) is 0. The van der Waals surface area contributed by atoms with Crippen molar-refractivity contribution in [2.24, 2.45) is 0 Å². The minimum atomic E-state index is -0.275. The van der Waals surface area contributed by atoms with Crippen LogP contribution < -0.4 is 11.1 Å². The smallest absolute Gasteiger partial charge is 0.263 e. The number of pyridine rings is 1. The molecule has 5 rings (SSSR count). The summed E-state index contributed by atoms with van der Waals surface area (Å²) in [6.07, 6.45) is 3.44. The zero-order valence-corrected chi connectivity index (χ0v) is 18.8. The van der Waals surface area contributed by atoms with Gasteiger partial charge < -0.3 is 9.47 Å². The average molecular weight is 462 g/mol. The first kappa shape index (κ1) is 21.3. The quantitative estimate of drug-likeness (QED) is 0.454. The van der Waals surface area contributed by atoms with Crippen LogP contribution in [0.15, 0.2) is 75.9 Å². The Morgan fingerprint density at radius 1 is 0.939 bits per heavy atom. The molecule has 8 nitrogen and oxygen atoms in total. The molecule has 0 spiro atoms. The van der Waals surface area contributed by atoms with Crippen molar-refractivity contribution in [2.45, 2.75) is 13.1 Å². The van der Waals surface area contributed by atoms with E-state index >= 15 is 0 Å². The van der Waals surface area contributed by atoms with Gasteiger partial charge in [-0.05, 0) is 17.7 Å². The SMILES string of the molecule is O=C(c1cccn(Cc2ccccc2)c1=O)N1CCN(Cc2cc(=O)n3ccsc3n2)CC1. The minimum Gasteiger partial charge on any atom is -0.336 e. The van der Waals surface area contributed by atoms with Gasteiger partial charge in [-0.15, -0.1) is 11.3 Å². The highest BCUT2D eigenvalue weighted by atomic mass is 32.1. The van der Waals surface area contributed by atoms with E-state index in [1.807, 2.05) is 35.7 Å². The molecule has 0 aliphatic carbocycles. The third-order valence-corrected chi connectivity index (χ3v) is 6.60. The third kappa shape index (κ3) is 4.50. The zero-order chi connectivity index (χ0) is 22.8. The molecule has 33 heavy (non-hydrogen) atoms. The molecule has 1 aromatic carbocycles. The first-order valence-corrected chi connectivity index (χ1v) is 11.7. The topological polar surface area (TPSA) is 79.9 Å². The van der Waals surface area contributed by atoms with Crippen molar-refractivity contribution in [3.8, 4) is 0 Å². The molecule has 4 heterocycles. The number of hydrogen-bond donors (Lipinski definition) is 0. The summed E-state index contributed by atoms with van der Waals surface area (Å²) in [5, 5.41) is 1.84. The minimum absolute atomic E-state index is 0.0825. The molecule has 0 radical (unpaired) electrons. The molecule has 1 aliphatic rings. The lowest BCUT2D eigenvalue weighted by atomic mass is 10.2. The van der Waals surface area contributed by atoms with Gasteiger partial charge in [0.15, 0.2) is 4.96 Å². The van der Waals surface area contributed by atoms with Gasteiger partial charge in [0, 0.05) is 56.6 Å². The molecule has 0 atom stereocenters. The second-order valence-corrected chi connectivity index (χ2v) is 8.92. The van der Waals surface area contributed by atoms with Crippen LogP contribution in [0.2, 0.25) is 0 Å². The number of thiazole rings is 1. The van der Waals surface area contributed by atoms with E-state index in [-0.39, 0.29) is 22.6 Å². The van der Waals surface area contributed by atoms with Gasteiger partial charge in [0.25, 0.3) is 17.0 Å². The van der Waals surface area contributed by atoms with Crippen LogP contribution >= 0.6 is 11.3 Å². The fourth-order valence-electron chi connectivity index (χ4n) is 4.08.